The monoisotopic (exact) mass is 354 g/mol. The molecule has 0 radical (unpaired) electrons. The van der Waals surface area contributed by atoms with Crippen LogP contribution in [0.1, 0.15) is 16.7 Å². The van der Waals surface area contributed by atoms with Gasteiger partial charge in [-0.2, -0.15) is 0 Å². The van der Waals surface area contributed by atoms with E-state index in [2.05, 4.69) is 41.3 Å². The van der Waals surface area contributed by atoms with Gasteiger partial charge in [0.15, 0.2) is 0 Å². The van der Waals surface area contributed by atoms with E-state index in [0.717, 1.165) is 33.6 Å². The fourth-order valence-corrected chi connectivity index (χ4v) is 3.40. The third-order valence-corrected chi connectivity index (χ3v) is 4.86. The highest BCUT2D eigenvalue weighted by Gasteiger charge is 2.31. The van der Waals surface area contributed by atoms with Crippen molar-refractivity contribution in [1.82, 2.24) is 0 Å². The maximum atomic E-state index is 13.2. The molecule has 134 valence electrons. The lowest BCUT2D eigenvalue weighted by Crippen LogP contribution is -2.25. The van der Waals surface area contributed by atoms with Crippen LogP contribution < -0.4 is 9.80 Å². The molecule has 0 saturated carbocycles. The Morgan fingerprint density at radius 3 is 2.22 bits per heavy atom. The molecule has 0 N–H and O–H groups in total. The van der Waals surface area contributed by atoms with Crippen LogP contribution in [-0.4, -0.2) is 20.0 Å². The van der Waals surface area contributed by atoms with Crippen molar-refractivity contribution in [3.05, 3.63) is 95.6 Å². The van der Waals surface area contributed by atoms with E-state index in [1.54, 1.807) is 0 Å². The van der Waals surface area contributed by atoms with Crippen LogP contribution in [0.2, 0.25) is 0 Å². The average Bonchev–Trinajstić information content (AvgIpc) is 2.95. The first kappa shape index (κ1) is 17.1. The van der Waals surface area contributed by atoms with E-state index in [4.69, 9.17) is 0 Å². The summed E-state index contributed by atoms with van der Waals surface area (Å²) in [6, 6.07) is 26.4. The Hall–Kier alpha value is -3.33. The van der Waals surface area contributed by atoms with Gasteiger partial charge in [-0.25, -0.2) is 0 Å². The summed E-state index contributed by atoms with van der Waals surface area (Å²) in [5, 5.41) is 0. The van der Waals surface area contributed by atoms with Crippen molar-refractivity contribution in [2.45, 2.75) is 6.54 Å². The Balaban J connectivity index is 1.70. The summed E-state index contributed by atoms with van der Waals surface area (Å²) >= 11 is 0. The lowest BCUT2D eigenvalue weighted by Gasteiger charge is -2.17. The van der Waals surface area contributed by atoms with E-state index < -0.39 is 0 Å². The number of anilines is 2. The molecule has 4 rings (SSSR count). The van der Waals surface area contributed by atoms with Crippen molar-refractivity contribution in [3.8, 4) is 0 Å². The maximum Gasteiger partial charge on any atom is 0.259 e. The molecule has 3 heteroatoms. The fourth-order valence-electron chi connectivity index (χ4n) is 3.40. The van der Waals surface area contributed by atoms with Gasteiger partial charge in [0.05, 0.1) is 12.2 Å². The molecule has 27 heavy (non-hydrogen) atoms. The summed E-state index contributed by atoms with van der Waals surface area (Å²) in [5.74, 6) is 0.0525. The molecule has 0 unspecified atom stereocenters. The fraction of sp³-hybridized carbons (Fsp3) is 0.125. The zero-order chi connectivity index (χ0) is 18.8. The molecule has 1 heterocycles. The molecule has 1 aliphatic heterocycles. The topological polar surface area (TPSA) is 23.6 Å². The molecular formula is C24H22N2O. The predicted octanol–water partition coefficient (Wildman–Crippen LogP) is 4.84. The third kappa shape index (κ3) is 3.36. The molecule has 0 saturated heterocycles. The van der Waals surface area contributed by atoms with Gasteiger partial charge in [0, 0.05) is 30.9 Å². The van der Waals surface area contributed by atoms with Crippen LogP contribution in [0.5, 0.6) is 0 Å². The Morgan fingerprint density at radius 1 is 0.852 bits per heavy atom. The number of fused-ring (bicyclic) bond motifs is 1. The summed E-state index contributed by atoms with van der Waals surface area (Å²) in [6.07, 6.45) is 1.99. The first-order chi connectivity index (χ1) is 13.1. The first-order valence-corrected chi connectivity index (χ1v) is 9.08. The number of amides is 1. The molecule has 1 aliphatic rings. The summed E-state index contributed by atoms with van der Waals surface area (Å²) in [5.41, 5.74) is 6.01. The lowest BCUT2D eigenvalue weighted by molar-refractivity contribution is -0.113. The zero-order valence-electron chi connectivity index (χ0n) is 15.6. The summed E-state index contributed by atoms with van der Waals surface area (Å²) < 4.78 is 0. The number of carbonyl (C=O) groups excluding carboxylic acids is 1. The highest BCUT2D eigenvalue weighted by Crippen LogP contribution is 2.38. The number of nitrogens with zero attached hydrogens (tertiary/aromatic N) is 2. The molecule has 3 aromatic rings. The smallest absolute Gasteiger partial charge is 0.259 e. The molecule has 0 spiro atoms. The van der Waals surface area contributed by atoms with Crippen molar-refractivity contribution in [1.29, 1.82) is 0 Å². The number of carbonyl (C=O) groups is 1. The number of para-hydroxylation sites is 1. The van der Waals surface area contributed by atoms with Gasteiger partial charge in [-0.15, -0.1) is 0 Å². The minimum absolute atomic E-state index is 0.0525. The van der Waals surface area contributed by atoms with Crippen LogP contribution in [0.15, 0.2) is 78.9 Å². The first-order valence-electron chi connectivity index (χ1n) is 9.08. The van der Waals surface area contributed by atoms with Gasteiger partial charge in [-0.3, -0.25) is 4.79 Å². The molecular weight excluding hydrogens is 332 g/mol. The van der Waals surface area contributed by atoms with E-state index in [0.29, 0.717) is 6.54 Å². The predicted molar refractivity (Wildman–Crippen MR) is 113 cm³/mol. The number of hydrogen-bond donors (Lipinski definition) is 0. The van der Waals surface area contributed by atoms with Gasteiger partial charge in [-0.05, 0) is 35.4 Å². The minimum atomic E-state index is 0.0525. The Bertz CT molecular complexity index is 988. The third-order valence-electron chi connectivity index (χ3n) is 4.86. The van der Waals surface area contributed by atoms with Crippen LogP contribution in [-0.2, 0) is 11.3 Å². The van der Waals surface area contributed by atoms with E-state index in [1.807, 2.05) is 67.5 Å². The van der Waals surface area contributed by atoms with Gasteiger partial charge < -0.3 is 9.80 Å². The normalized spacial score (nSPS) is 14.5. The number of hydrogen-bond acceptors (Lipinski definition) is 2. The standard InChI is InChI=1S/C24H22N2O/c1-25(2)20-14-12-18(13-15-20)16-22-21-10-6-7-11-23(21)26(24(22)27)17-19-8-4-3-5-9-19/h3-16H,17H2,1-2H3/b22-16-. The van der Waals surface area contributed by atoms with Crippen LogP contribution in [0.3, 0.4) is 0 Å². The van der Waals surface area contributed by atoms with Crippen LogP contribution >= 0.6 is 0 Å². The molecule has 0 fully saturated rings. The highest BCUT2D eigenvalue weighted by atomic mass is 16.2. The Labute approximate surface area is 160 Å². The zero-order valence-corrected chi connectivity index (χ0v) is 15.6. The van der Waals surface area contributed by atoms with Crippen LogP contribution in [0.4, 0.5) is 11.4 Å². The van der Waals surface area contributed by atoms with Crippen molar-refractivity contribution in [2.24, 2.45) is 0 Å². The maximum absolute atomic E-state index is 13.2. The molecule has 0 aliphatic carbocycles. The van der Waals surface area contributed by atoms with Gasteiger partial charge in [0.2, 0.25) is 0 Å². The van der Waals surface area contributed by atoms with E-state index in [9.17, 15) is 4.79 Å². The molecule has 3 aromatic carbocycles. The quantitative estimate of drug-likeness (QED) is 0.626. The van der Waals surface area contributed by atoms with Crippen molar-refractivity contribution < 1.29 is 4.79 Å². The van der Waals surface area contributed by atoms with Crippen molar-refractivity contribution in [3.63, 3.8) is 0 Å². The Morgan fingerprint density at radius 2 is 1.52 bits per heavy atom. The van der Waals surface area contributed by atoms with E-state index in [1.165, 1.54) is 0 Å². The minimum Gasteiger partial charge on any atom is -0.378 e. The van der Waals surface area contributed by atoms with Gasteiger partial charge >= 0.3 is 0 Å². The second kappa shape index (κ2) is 7.12. The van der Waals surface area contributed by atoms with Gasteiger partial charge in [-0.1, -0.05) is 60.7 Å². The average molecular weight is 354 g/mol. The highest BCUT2D eigenvalue weighted by molar-refractivity contribution is 6.35. The lowest BCUT2D eigenvalue weighted by atomic mass is 10.0. The number of benzene rings is 3. The van der Waals surface area contributed by atoms with Crippen molar-refractivity contribution >= 4 is 28.9 Å². The summed E-state index contributed by atoms with van der Waals surface area (Å²) in [6.45, 7) is 0.577. The second-order valence-corrected chi connectivity index (χ2v) is 6.94. The largest absolute Gasteiger partial charge is 0.378 e. The van der Waals surface area contributed by atoms with E-state index >= 15 is 0 Å². The second-order valence-electron chi connectivity index (χ2n) is 6.94. The number of rotatable bonds is 4. The molecule has 1 amide bonds. The molecule has 3 nitrogen and oxygen atoms in total. The van der Waals surface area contributed by atoms with Crippen molar-refractivity contribution in [2.75, 3.05) is 23.9 Å². The Kier molecular flexibility index (Phi) is 4.51. The van der Waals surface area contributed by atoms with Crippen LogP contribution in [0, 0.1) is 0 Å². The molecule has 0 atom stereocenters. The van der Waals surface area contributed by atoms with Crippen LogP contribution in [0.25, 0.3) is 11.6 Å². The molecule has 0 aromatic heterocycles. The summed E-state index contributed by atoms with van der Waals surface area (Å²) in [7, 11) is 4.04. The van der Waals surface area contributed by atoms with Gasteiger partial charge in [0.25, 0.3) is 5.91 Å². The van der Waals surface area contributed by atoms with E-state index in [-0.39, 0.29) is 5.91 Å². The van der Waals surface area contributed by atoms with Gasteiger partial charge in [0.1, 0.15) is 0 Å². The SMILES string of the molecule is CN(C)c1ccc(/C=C2\C(=O)N(Cc3ccccc3)c3ccccc32)cc1. The molecule has 0 bridgehead atoms. The summed E-state index contributed by atoms with van der Waals surface area (Å²) in [4.78, 5) is 17.1.